The van der Waals surface area contributed by atoms with E-state index in [2.05, 4.69) is 5.18 Å². The molecule has 1 heterocycles. The highest BCUT2D eigenvalue weighted by Gasteiger charge is 2.30. The predicted molar refractivity (Wildman–Crippen MR) is 34.0 cm³/mol. The molecule has 54 valence electrons. The summed E-state index contributed by atoms with van der Waals surface area (Å²) < 4.78 is 4.91. The quantitative estimate of drug-likeness (QED) is 0.511. The van der Waals surface area contributed by atoms with Crippen LogP contribution in [0.15, 0.2) is 16.6 Å². The number of hydrogen-bond acceptors (Lipinski definition) is 4. The predicted octanol–water partition coefficient (Wildman–Crippen LogP) is 0.972. The molecule has 1 unspecified atom stereocenters. The zero-order valence-electron chi connectivity index (χ0n) is 5.75. The van der Waals surface area contributed by atoms with Crippen LogP contribution in [-0.2, 0) is 9.53 Å². The van der Waals surface area contributed by atoms with E-state index in [1.54, 1.807) is 13.8 Å². The lowest BCUT2D eigenvalue weighted by Crippen LogP contribution is -2.12. The summed E-state index contributed by atoms with van der Waals surface area (Å²) in [6, 6.07) is 0. The molecule has 1 atom stereocenters. The summed E-state index contributed by atoms with van der Waals surface area (Å²) in [5.41, 5.74) is -0.0764. The van der Waals surface area contributed by atoms with Gasteiger partial charge in [0.2, 0.25) is 5.78 Å². The number of carbonyl (C=O) groups excluding carboxylic acids is 1. The Morgan fingerprint density at radius 1 is 1.60 bits per heavy atom. The van der Waals surface area contributed by atoms with Gasteiger partial charge in [0.1, 0.15) is 5.76 Å². The van der Waals surface area contributed by atoms with Crippen LogP contribution in [0.1, 0.15) is 13.8 Å². The Labute approximate surface area is 57.8 Å². The van der Waals surface area contributed by atoms with E-state index in [9.17, 15) is 9.70 Å². The van der Waals surface area contributed by atoms with E-state index >= 15 is 0 Å². The van der Waals surface area contributed by atoms with Crippen molar-refractivity contribution in [2.45, 2.75) is 20.0 Å². The number of carbonyl (C=O) groups is 1. The van der Waals surface area contributed by atoms with Crippen molar-refractivity contribution in [3.05, 3.63) is 16.4 Å². The fourth-order valence-electron chi connectivity index (χ4n) is 0.850. The minimum absolute atomic E-state index is 0.0764. The van der Waals surface area contributed by atoms with Gasteiger partial charge in [0.25, 0.3) is 0 Å². The second-order valence-electron chi connectivity index (χ2n) is 2.12. The standard InChI is InChI=1S/C6H7NO3/c1-3-5(7-9)6(8)4(2)10-3/h4H,1-2H3. The molecule has 4 nitrogen and oxygen atoms in total. The van der Waals surface area contributed by atoms with Gasteiger partial charge in [-0.15, -0.1) is 4.91 Å². The molecule has 0 spiro atoms. The molecule has 0 N–H and O–H groups in total. The van der Waals surface area contributed by atoms with Gasteiger partial charge in [0.05, 0.1) is 0 Å². The smallest absolute Gasteiger partial charge is 0.228 e. The van der Waals surface area contributed by atoms with Crippen molar-refractivity contribution in [1.29, 1.82) is 0 Å². The molecule has 4 heteroatoms. The highest BCUT2D eigenvalue weighted by atomic mass is 16.5. The maximum absolute atomic E-state index is 10.9. The summed E-state index contributed by atoms with van der Waals surface area (Å²) in [6.45, 7) is 3.14. The lowest BCUT2D eigenvalue weighted by atomic mass is 10.2. The first kappa shape index (κ1) is 6.92. The lowest BCUT2D eigenvalue weighted by Gasteiger charge is -1.99. The Morgan fingerprint density at radius 2 is 2.20 bits per heavy atom. The first-order valence-electron chi connectivity index (χ1n) is 2.92. The van der Waals surface area contributed by atoms with Crippen molar-refractivity contribution in [3.63, 3.8) is 0 Å². The SMILES string of the molecule is CC1=C(N=O)C(=O)C(C)O1. The molecule has 1 rings (SSSR count). The average molecular weight is 141 g/mol. The molecule has 0 saturated heterocycles. The number of rotatable bonds is 1. The van der Waals surface area contributed by atoms with E-state index in [-0.39, 0.29) is 11.5 Å². The number of ketones is 1. The molecule has 0 radical (unpaired) electrons. The fourth-order valence-corrected chi connectivity index (χ4v) is 0.850. The number of ether oxygens (including phenoxy) is 1. The van der Waals surface area contributed by atoms with Gasteiger partial charge >= 0.3 is 0 Å². The Bertz CT molecular complexity index is 219. The van der Waals surface area contributed by atoms with Gasteiger partial charge in [-0.05, 0) is 19.0 Å². The first-order chi connectivity index (χ1) is 4.66. The molecular formula is C6H7NO3. The van der Waals surface area contributed by atoms with Crippen LogP contribution in [0.4, 0.5) is 0 Å². The molecule has 10 heavy (non-hydrogen) atoms. The van der Waals surface area contributed by atoms with Gasteiger partial charge in [0, 0.05) is 0 Å². The van der Waals surface area contributed by atoms with Crippen molar-refractivity contribution in [2.75, 3.05) is 0 Å². The van der Waals surface area contributed by atoms with Crippen LogP contribution < -0.4 is 0 Å². The molecule has 0 aromatic heterocycles. The zero-order chi connectivity index (χ0) is 7.72. The van der Waals surface area contributed by atoms with E-state index in [0.717, 1.165) is 0 Å². The summed E-state index contributed by atoms with van der Waals surface area (Å²) in [7, 11) is 0. The Balaban J connectivity index is 2.95. The minimum atomic E-state index is -0.535. The average Bonchev–Trinajstić information content (AvgIpc) is 2.09. The summed E-state index contributed by atoms with van der Waals surface area (Å²) in [4.78, 5) is 20.8. The van der Waals surface area contributed by atoms with Crippen LogP contribution in [0.25, 0.3) is 0 Å². The summed E-state index contributed by atoms with van der Waals surface area (Å²) in [6.07, 6.45) is -0.535. The molecular weight excluding hydrogens is 134 g/mol. The second-order valence-corrected chi connectivity index (χ2v) is 2.12. The van der Waals surface area contributed by atoms with Crippen LogP contribution in [0.5, 0.6) is 0 Å². The molecule has 0 aliphatic carbocycles. The van der Waals surface area contributed by atoms with E-state index in [0.29, 0.717) is 5.76 Å². The number of Topliss-reactive ketones (excluding diaryl/α,β-unsaturated/α-hetero) is 1. The normalized spacial score (nSPS) is 25.0. The molecule has 1 aliphatic heterocycles. The van der Waals surface area contributed by atoms with Gasteiger partial charge in [0.15, 0.2) is 11.8 Å². The van der Waals surface area contributed by atoms with E-state index < -0.39 is 6.10 Å². The second kappa shape index (κ2) is 2.21. The maximum Gasteiger partial charge on any atom is 0.228 e. The van der Waals surface area contributed by atoms with Crippen molar-refractivity contribution in [3.8, 4) is 0 Å². The van der Waals surface area contributed by atoms with Crippen molar-refractivity contribution >= 4 is 5.78 Å². The fraction of sp³-hybridized carbons (Fsp3) is 0.500. The molecule has 0 aromatic carbocycles. The maximum atomic E-state index is 10.9. The number of nitrogens with zero attached hydrogens (tertiary/aromatic N) is 1. The molecule has 0 aromatic rings. The van der Waals surface area contributed by atoms with Crippen molar-refractivity contribution in [2.24, 2.45) is 5.18 Å². The monoisotopic (exact) mass is 141 g/mol. The molecule has 0 bridgehead atoms. The largest absolute Gasteiger partial charge is 0.485 e. The highest BCUT2D eigenvalue weighted by Crippen LogP contribution is 2.21. The highest BCUT2D eigenvalue weighted by molar-refractivity contribution is 6.00. The summed E-state index contributed by atoms with van der Waals surface area (Å²) in [5, 5.41) is 2.56. The molecule has 1 aliphatic rings. The third kappa shape index (κ3) is 0.814. The van der Waals surface area contributed by atoms with Crippen LogP contribution in [0.3, 0.4) is 0 Å². The van der Waals surface area contributed by atoms with Gasteiger partial charge < -0.3 is 4.74 Å². The topological polar surface area (TPSA) is 55.7 Å². The van der Waals surface area contributed by atoms with Gasteiger partial charge in [-0.1, -0.05) is 0 Å². The first-order valence-corrected chi connectivity index (χ1v) is 2.92. The van der Waals surface area contributed by atoms with Crippen LogP contribution in [0, 0.1) is 4.91 Å². The lowest BCUT2D eigenvalue weighted by molar-refractivity contribution is -0.120. The van der Waals surface area contributed by atoms with Gasteiger partial charge in [-0.25, -0.2) is 0 Å². The molecule has 0 saturated carbocycles. The Morgan fingerprint density at radius 3 is 2.40 bits per heavy atom. The summed E-state index contributed by atoms with van der Waals surface area (Å²) in [5.74, 6) is 0.000000000000000666. The number of allylic oxidation sites excluding steroid dienone is 1. The molecule has 0 amide bonds. The van der Waals surface area contributed by atoms with Crippen molar-refractivity contribution < 1.29 is 9.53 Å². The zero-order valence-corrected chi connectivity index (χ0v) is 5.75. The van der Waals surface area contributed by atoms with Gasteiger partial charge in [-0.2, -0.15) is 0 Å². The number of hydrogen-bond donors (Lipinski definition) is 0. The summed E-state index contributed by atoms with van der Waals surface area (Å²) >= 11 is 0. The Hall–Kier alpha value is -1.19. The van der Waals surface area contributed by atoms with Crippen LogP contribution in [0.2, 0.25) is 0 Å². The van der Waals surface area contributed by atoms with Crippen LogP contribution in [-0.4, -0.2) is 11.9 Å². The Kier molecular flexibility index (Phi) is 1.53. The van der Waals surface area contributed by atoms with Crippen molar-refractivity contribution in [1.82, 2.24) is 0 Å². The van der Waals surface area contributed by atoms with E-state index in [1.807, 2.05) is 0 Å². The van der Waals surface area contributed by atoms with E-state index in [1.165, 1.54) is 0 Å². The van der Waals surface area contributed by atoms with Crippen LogP contribution >= 0.6 is 0 Å². The third-order valence-electron chi connectivity index (χ3n) is 1.38. The minimum Gasteiger partial charge on any atom is -0.485 e. The molecule has 0 fully saturated rings. The van der Waals surface area contributed by atoms with Gasteiger partial charge in [-0.3, -0.25) is 4.79 Å². The number of nitroso groups, excluding NO2 is 1. The third-order valence-corrected chi connectivity index (χ3v) is 1.38. The van der Waals surface area contributed by atoms with E-state index in [4.69, 9.17) is 4.74 Å².